The third kappa shape index (κ3) is 6.46. The van der Waals surface area contributed by atoms with Gasteiger partial charge in [0.05, 0.1) is 0 Å². The number of benzene rings is 1. The lowest BCUT2D eigenvalue weighted by atomic mass is 10.1. The lowest BCUT2D eigenvalue weighted by Crippen LogP contribution is -2.41. The number of halogens is 1. The summed E-state index contributed by atoms with van der Waals surface area (Å²) in [6.07, 6.45) is 2.27. The second-order valence-electron chi connectivity index (χ2n) is 5.67. The summed E-state index contributed by atoms with van der Waals surface area (Å²) in [5.74, 6) is -0.363. The van der Waals surface area contributed by atoms with Crippen LogP contribution in [0.2, 0.25) is 0 Å². The molecule has 0 bridgehead atoms. The van der Waals surface area contributed by atoms with Crippen molar-refractivity contribution in [2.24, 2.45) is 0 Å². The van der Waals surface area contributed by atoms with Crippen molar-refractivity contribution in [3.63, 3.8) is 0 Å². The van der Waals surface area contributed by atoms with Crippen LogP contribution >= 0.6 is 15.9 Å². The SMILES string of the molecule is CC(C)(C)NC(=O)/C(C#N)=C\NCCc1ccccc1Br. The zero-order valence-electron chi connectivity index (χ0n) is 12.5. The molecule has 1 aromatic rings. The average molecular weight is 350 g/mol. The van der Waals surface area contributed by atoms with Gasteiger partial charge in [0.1, 0.15) is 11.6 Å². The number of carbonyl (C=O) groups is 1. The molecule has 5 heteroatoms. The topological polar surface area (TPSA) is 64.9 Å². The molecule has 0 unspecified atom stereocenters. The normalized spacial score (nSPS) is 11.7. The summed E-state index contributed by atoms with van der Waals surface area (Å²) in [6, 6.07) is 9.88. The molecule has 0 aromatic heterocycles. The van der Waals surface area contributed by atoms with Crippen LogP contribution in [0.5, 0.6) is 0 Å². The standard InChI is InChI=1S/C16H20BrN3O/c1-16(2,3)20-15(21)13(10-18)11-19-9-8-12-6-4-5-7-14(12)17/h4-7,11,19H,8-9H2,1-3H3,(H,20,21)/b13-11-. The molecule has 0 radical (unpaired) electrons. The summed E-state index contributed by atoms with van der Waals surface area (Å²) < 4.78 is 1.06. The molecule has 0 fully saturated rings. The minimum atomic E-state index is -0.363. The largest absolute Gasteiger partial charge is 0.389 e. The molecule has 0 atom stereocenters. The molecule has 1 aromatic carbocycles. The van der Waals surface area contributed by atoms with Gasteiger partial charge in [-0.25, -0.2) is 0 Å². The number of nitrogens with one attached hydrogen (secondary N) is 2. The van der Waals surface area contributed by atoms with Crippen LogP contribution in [0.25, 0.3) is 0 Å². The molecule has 0 heterocycles. The van der Waals surface area contributed by atoms with Crippen molar-refractivity contribution in [2.75, 3.05) is 6.54 Å². The molecule has 0 spiro atoms. The first-order valence-corrected chi connectivity index (χ1v) is 7.52. The summed E-state index contributed by atoms with van der Waals surface area (Å²) >= 11 is 3.49. The maximum absolute atomic E-state index is 11.9. The van der Waals surface area contributed by atoms with Crippen LogP contribution in [-0.4, -0.2) is 18.0 Å². The van der Waals surface area contributed by atoms with E-state index in [4.69, 9.17) is 5.26 Å². The Morgan fingerprint density at radius 3 is 2.62 bits per heavy atom. The number of nitrogens with zero attached hydrogens (tertiary/aromatic N) is 1. The monoisotopic (exact) mass is 349 g/mol. The Kier molecular flexibility index (Phi) is 6.44. The van der Waals surface area contributed by atoms with Gasteiger partial charge in [0.2, 0.25) is 0 Å². The molecule has 0 aliphatic rings. The van der Waals surface area contributed by atoms with Crippen molar-refractivity contribution >= 4 is 21.8 Å². The molecule has 0 saturated carbocycles. The van der Waals surface area contributed by atoms with E-state index in [9.17, 15) is 4.79 Å². The number of rotatable bonds is 5. The van der Waals surface area contributed by atoms with Gasteiger partial charge in [-0.05, 0) is 38.8 Å². The Bertz CT molecular complexity index is 568. The number of nitriles is 1. The summed E-state index contributed by atoms with van der Waals surface area (Å²) in [5, 5.41) is 14.8. The van der Waals surface area contributed by atoms with Crippen LogP contribution in [0.3, 0.4) is 0 Å². The van der Waals surface area contributed by atoms with Gasteiger partial charge in [0.25, 0.3) is 5.91 Å². The van der Waals surface area contributed by atoms with E-state index in [2.05, 4.69) is 26.6 Å². The third-order valence-corrected chi connectivity index (χ3v) is 3.37. The highest BCUT2D eigenvalue weighted by atomic mass is 79.9. The van der Waals surface area contributed by atoms with Gasteiger partial charge < -0.3 is 10.6 Å². The second kappa shape index (κ2) is 7.84. The first-order chi connectivity index (χ1) is 9.83. The first kappa shape index (κ1) is 17.3. The fourth-order valence-electron chi connectivity index (χ4n) is 1.64. The van der Waals surface area contributed by atoms with E-state index in [1.165, 1.54) is 11.8 Å². The van der Waals surface area contributed by atoms with E-state index in [0.717, 1.165) is 10.9 Å². The van der Waals surface area contributed by atoms with E-state index in [-0.39, 0.29) is 17.0 Å². The minimum absolute atomic E-state index is 0.0806. The van der Waals surface area contributed by atoms with E-state index in [0.29, 0.717) is 6.54 Å². The number of carbonyl (C=O) groups excluding carboxylic acids is 1. The Balaban J connectivity index is 2.53. The number of hydrogen-bond acceptors (Lipinski definition) is 3. The van der Waals surface area contributed by atoms with Crippen molar-refractivity contribution in [1.29, 1.82) is 5.26 Å². The lowest BCUT2D eigenvalue weighted by Gasteiger charge is -2.20. The van der Waals surface area contributed by atoms with Crippen molar-refractivity contribution in [1.82, 2.24) is 10.6 Å². The Morgan fingerprint density at radius 1 is 1.38 bits per heavy atom. The minimum Gasteiger partial charge on any atom is -0.389 e. The van der Waals surface area contributed by atoms with E-state index in [1.54, 1.807) is 0 Å². The van der Waals surface area contributed by atoms with Crippen molar-refractivity contribution in [2.45, 2.75) is 32.7 Å². The zero-order chi connectivity index (χ0) is 15.9. The van der Waals surface area contributed by atoms with E-state index < -0.39 is 0 Å². The maximum atomic E-state index is 11.9. The van der Waals surface area contributed by atoms with Crippen LogP contribution < -0.4 is 10.6 Å². The highest BCUT2D eigenvalue weighted by molar-refractivity contribution is 9.10. The smallest absolute Gasteiger partial charge is 0.263 e. The van der Waals surface area contributed by atoms with Gasteiger partial charge in [0, 0.05) is 22.8 Å². The van der Waals surface area contributed by atoms with Gasteiger partial charge in [-0.2, -0.15) is 5.26 Å². The summed E-state index contributed by atoms with van der Waals surface area (Å²) in [7, 11) is 0. The van der Waals surface area contributed by atoms with Gasteiger partial charge in [-0.15, -0.1) is 0 Å². The van der Waals surface area contributed by atoms with Crippen LogP contribution in [0.15, 0.2) is 40.5 Å². The predicted molar refractivity (Wildman–Crippen MR) is 87.4 cm³/mol. The molecule has 112 valence electrons. The molecular formula is C16H20BrN3O. The number of amides is 1. The lowest BCUT2D eigenvalue weighted by molar-refractivity contribution is -0.118. The molecule has 21 heavy (non-hydrogen) atoms. The van der Waals surface area contributed by atoms with Crippen LogP contribution in [0, 0.1) is 11.3 Å². The molecule has 1 amide bonds. The van der Waals surface area contributed by atoms with Crippen molar-refractivity contribution < 1.29 is 4.79 Å². The Hall–Kier alpha value is -1.80. The average Bonchev–Trinajstić information content (AvgIpc) is 2.38. The molecule has 4 nitrogen and oxygen atoms in total. The molecule has 0 aliphatic heterocycles. The van der Waals surface area contributed by atoms with Crippen molar-refractivity contribution in [3.05, 3.63) is 46.1 Å². The van der Waals surface area contributed by atoms with Gasteiger partial charge in [-0.3, -0.25) is 4.79 Å². The summed E-state index contributed by atoms with van der Waals surface area (Å²) in [6.45, 7) is 6.28. The zero-order valence-corrected chi connectivity index (χ0v) is 14.1. The molecule has 0 saturated heterocycles. The number of hydrogen-bond donors (Lipinski definition) is 2. The van der Waals surface area contributed by atoms with Crippen LogP contribution in [-0.2, 0) is 11.2 Å². The van der Waals surface area contributed by atoms with Gasteiger partial charge in [0.15, 0.2) is 0 Å². The third-order valence-electron chi connectivity index (χ3n) is 2.60. The second-order valence-corrected chi connectivity index (χ2v) is 6.52. The molecular weight excluding hydrogens is 330 g/mol. The summed E-state index contributed by atoms with van der Waals surface area (Å²) in [5.41, 5.74) is 0.898. The maximum Gasteiger partial charge on any atom is 0.263 e. The highest BCUT2D eigenvalue weighted by Crippen LogP contribution is 2.15. The van der Waals surface area contributed by atoms with Gasteiger partial charge >= 0.3 is 0 Å². The van der Waals surface area contributed by atoms with E-state index >= 15 is 0 Å². The van der Waals surface area contributed by atoms with Gasteiger partial charge in [-0.1, -0.05) is 34.1 Å². The molecule has 0 aliphatic carbocycles. The quantitative estimate of drug-likeness (QED) is 0.488. The van der Waals surface area contributed by atoms with E-state index in [1.807, 2.05) is 51.1 Å². The Labute approximate surface area is 134 Å². The van der Waals surface area contributed by atoms with Crippen LogP contribution in [0.1, 0.15) is 26.3 Å². The summed E-state index contributed by atoms with van der Waals surface area (Å²) in [4.78, 5) is 11.9. The fraction of sp³-hybridized carbons (Fsp3) is 0.375. The first-order valence-electron chi connectivity index (χ1n) is 6.73. The molecule has 1 rings (SSSR count). The highest BCUT2D eigenvalue weighted by Gasteiger charge is 2.16. The molecule has 2 N–H and O–H groups in total. The Morgan fingerprint density at radius 2 is 2.05 bits per heavy atom. The van der Waals surface area contributed by atoms with Crippen LogP contribution in [0.4, 0.5) is 0 Å². The van der Waals surface area contributed by atoms with Crippen molar-refractivity contribution in [3.8, 4) is 6.07 Å². The fourth-order valence-corrected chi connectivity index (χ4v) is 2.12. The predicted octanol–water partition coefficient (Wildman–Crippen LogP) is 2.90.